The molecule has 0 amide bonds. The van der Waals surface area contributed by atoms with Gasteiger partial charge < -0.3 is 14.2 Å². The van der Waals surface area contributed by atoms with E-state index in [2.05, 4.69) is 28.9 Å². The third-order valence-electron chi connectivity index (χ3n) is 3.77. The number of benzene rings is 1. The van der Waals surface area contributed by atoms with Gasteiger partial charge in [-0.3, -0.25) is 0 Å². The first-order valence-corrected chi connectivity index (χ1v) is 8.97. The smallest absolute Gasteiger partial charge is 0.338 e. The van der Waals surface area contributed by atoms with Gasteiger partial charge in [-0.15, -0.1) is 11.3 Å². The van der Waals surface area contributed by atoms with Crippen LogP contribution in [-0.2, 0) is 11.3 Å². The van der Waals surface area contributed by atoms with Gasteiger partial charge in [-0.05, 0) is 49.6 Å². The largest absolute Gasteiger partial charge is 0.452 e. The van der Waals surface area contributed by atoms with Gasteiger partial charge in [0.1, 0.15) is 0 Å². The monoisotopic (exact) mass is 357 g/mol. The fraction of sp³-hybridized carbons (Fsp3) is 0.278. The normalized spacial score (nSPS) is 10.6. The Labute approximate surface area is 150 Å². The summed E-state index contributed by atoms with van der Waals surface area (Å²) in [5, 5.41) is 5.82. The number of hydrogen-bond acceptors (Lipinski definition) is 7. The average Bonchev–Trinajstić information content (AvgIpc) is 3.33. The van der Waals surface area contributed by atoms with E-state index in [0.29, 0.717) is 11.4 Å². The molecule has 2 heterocycles. The van der Waals surface area contributed by atoms with Crippen LogP contribution in [0.15, 0.2) is 46.3 Å². The Morgan fingerprint density at radius 1 is 1.20 bits per heavy atom. The fourth-order valence-electron chi connectivity index (χ4n) is 2.43. The maximum atomic E-state index is 12.2. The Hall–Kier alpha value is -2.67. The van der Waals surface area contributed by atoms with E-state index < -0.39 is 5.97 Å². The number of aromatic nitrogens is 2. The summed E-state index contributed by atoms with van der Waals surface area (Å²) in [6.07, 6.45) is 0. The summed E-state index contributed by atoms with van der Waals surface area (Å²) < 4.78 is 10.4. The third-order valence-corrected chi connectivity index (χ3v) is 4.63. The predicted molar refractivity (Wildman–Crippen MR) is 96.7 cm³/mol. The Morgan fingerprint density at radius 2 is 1.96 bits per heavy atom. The van der Waals surface area contributed by atoms with Gasteiger partial charge in [0.2, 0.25) is 5.82 Å². The van der Waals surface area contributed by atoms with E-state index in [1.807, 2.05) is 29.6 Å². The van der Waals surface area contributed by atoms with Gasteiger partial charge in [0, 0.05) is 18.8 Å². The van der Waals surface area contributed by atoms with E-state index in [9.17, 15) is 4.79 Å². The highest BCUT2D eigenvalue weighted by atomic mass is 32.1. The first-order chi connectivity index (χ1) is 12.2. The van der Waals surface area contributed by atoms with Gasteiger partial charge in [-0.2, -0.15) is 4.98 Å². The second kappa shape index (κ2) is 7.94. The highest BCUT2D eigenvalue weighted by Crippen LogP contribution is 2.21. The molecule has 0 bridgehead atoms. The molecule has 0 aliphatic rings. The summed E-state index contributed by atoms with van der Waals surface area (Å²) in [6, 6.07) is 11.2. The lowest BCUT2D eigenvalue weighted by Crippen LogP contribution is -2.21. The first kappa shape index (κ1) is 17.2. The van der Waals surface area contributed by atoms with E-state index in [1.165, 1.54) is 11.3 Å². The lowest BCUT2D eigenvalue weighted by Gasteiger charge is -2.20. The van der Waals surface area contributed by atoms with Crippen LogP contribution in [0.4, 0.5) is 5.69 Å². The zero-order chi connectivity index (χ0) is 17.6. The molecular formula is C18H19N3O3S. The van der Waals surface area contributed by atoms with Crippen molar-refractivity contribution in [2.45, 2.75) is 20.5 Å². The summed E-state index contributed by atoms with van der Waals surface area (Å²) in [7, 11) is 0. The second-order valence-electron chi connectivity index (χ2n) is 5.28. The molecule has 0 unspecified atom stereocenters. The van der Waals surface area contributed by atoms with E-state index in [-0.39, 0.29) is 12.5 Å². The number of ether oxygens (including phenoxy) is 1. The molecule has 1 aromatic carbocycles. The topological polar surface area (TPSA) is 68.5 Å². The zero-order valence-corrected chi connectivity index (χ0v) is 15.0. The van der Waals surface area contributed by atoms with Crippen LogP contribution >= 0.6 is 11.3 Å². The van der Waals surface area contributed by atoms with Crippen LogP contribution in [0.25, 0.3) is 10.7 Å². The third kappa shape index (κ3) is 4.06. The summed E-state index contributed by atoms with van der Waals surface area (Å²) in [5.74, 6) is 0.364. The van der Waals surface area contributed by atoms with E-state index in [1.54, 1.807) is 12.1 Å². The molecule has 0 aliphatic carbocycles. The van der Waals surface area contributed by atoms with Crippen molar-refractivity contribution in [1.29, 1.82) is 0 Å². The zero-order valence-electron chi connectivity index (χ0n) is 14.1. The van der Waals surface area contributed by atoms with Crippen molar-refractivity contribution >= 4 is 23.0 Å². The van der Waals surface area contributed by atoms with Crippen LogP contribution in [-0.4, -0.2) is 29.2 Å². The molecule has 25 heavy (non-hydrogen) atoms. The van der Waals surface area contributed by atoms with Crippen molar-refractivity contribution in [3.05, 3.63) is 53.2 Å². The Kier molecular flexibility index (Phi) is 5.45. The van der Waals surface area contributed by atoms with E-state index in [0.717, 1.165) is 23.7 Å². The van der Waals surface area contributed by atoms with E-state index >= 15 is 0 Å². The number of rotatable bonds is 7. The van der Waals surface area contributed by atoms with Crippen LogP contribution in [0.3, 0.4) is 0 Å². The van der Waals surface area contributed by atoms with Crippen LogP contribution in [0.5, 0.6) is 0 Å². The van der Waals surface area contributed by atoms with Crippen molar-refractivity contribution < 1.29 is 14.1 Å². The minimum atomic E-state index is -0.415. The summed E-state index contributed by atoms with van der Waals surface area (Å²) in [5.41, 5.74) is 1.58. The summed E-state index contributed by atoms with van der Waals surface area (Å²) in [6.45, 7) is 5.99. The van der Waals surface area contributed by atoms with Gasteiger partial charge in [0.25, 0.3) is 5.89 Å². The maximum Gasteiger partial charge on any atom is 0.338 e. The van der Waals surface area contributed by atoms with Crippen LogP contribution < -0.4 is 4.90 Å². The molecule has 0 radical (unpaired) electrons. The second-order valence-corrected chi connectivity index (χ2v) is 6.23. The number of hydrogen-bond donors (Lipinski definition) is 0. The molecule has 0 aliphatic heterocycles. The lowest BCUT2D eigenvalue weighted by atomic mass is 10.2. The predicted octanol–water partition coefficient (Wildman–Crippen LogP) is 4.00. The Morgan fingerprint density at radius 3 is 2.60 bits per heavy atom. The van der Waals surface area contributed by atoms with Crippen molar-refractivity contribution in [3.8, 4) is 10.7 Å². The average molecular weight is 357 g/mol. The molecule has 130 valence electrons. The molecule has 6 nitrogen and oxygen atoms in total. The van der Waals surface area contributed by atoms with Crippen LogP contribution in [0.2, 0.25) is 0 Å². The number of esters is 1. The van der Waals surface area contributed by atoms with Crippen molar-refractivity contribution in [2.75, 3.05) is 18.0 Å². The van der Waals surface area contributed by atoms with Crippen molar-refractivity contribution in [3.63, 3.8) is 0 Å². The quantitative estimate of drug-likeness (QED) is 0.595. The molecule has 0 saturated heterocycles. The van der Waals surface area contributed by atoms with Crippen LogP contribution in [0, 0.1) is 0 Å². The Balaban J connectivity index is 1.59. The summed E-state index contributed by atoms with van der Waals surface area (Å²) >= 11 is 1.52. The maximum absolute atomic E-state index is 12.2. The highest BCUT2D eigenvalue weighted by Gasteiger charge is 2.13. The minimum absolute atomic E-state index is 0.0466. The first-order valence-electron chi connectivity index (χ1n) is 8.09. The number of anilines is 1. The summed E-state index contributed by atoms with van der Waals surface area (Å²) in [4.78, 5) is 19.5. The van der Waals surface area contributed by atoms with Gasteiger partial charge >= 0.3 is 5.97 Å². The molecule has 3 rings (SSSR count). The Bertz CT molecular complexity index is 808. The number of thiophene rings is 1. The molecule has 3 aromatic rings. The highest BCUT2D eigenvalue weighted by molar-refractivity contribution is 7.13. The minimum Gasteiger partial charge on any atom is -0.452 e. The van der Waals surface area contributed by atoms with Gasteiger partial charge in [-0.1, -0.05) is 11.2 Å². The lowest BCUT2D eigenvalue weighted by molar-refractivity contribution is 0.0430. The standard InChI is InChI=1S/C18H19N3O3S/c1-3-21(4-2)14-9-7-13(8-10-14)18(22)23-12-16-19-17(20-24-16)15-6-5-11-25-15/h5-11H,3-4,12H2,1-2H3. The number of nitrogens with zero attached hydrogens (tertiary/aromatic N) is 3. The molecule has 2 aromatic heterocycles. The molecule has 0 atom stereocenters. The fourth-order valence-corrected chi connectivity index (χ4v) is 3.08. The van der Waals surface area contributed by atoms with E-state index in [4.69, 9.17) is 9.26 Å². The van der Waals surface area contributed by atoms with Crippen LogP contribution in [0.1, 0.15) is 30.1 Å². The number of carbonyl (C=O) groups excluding carboxylic acids is 1. The molecular weight excluding hydrogens is 338 g/mol. The molecule has 7 heteroatoms. The molecule has 0 spiro atoms. The molecule has 0 saturated carbocycles. The molecule has 0 N–H and O–H groups in total. The SMILES string of the molecule is CCN(CC)c1ccc(C(=O)OCc2nc(-c3cccs3)no2)cc1. The van der Waals surface area contributed by atoms with Gasteiger partial charge in [0.15, 0.2) is 6.61 Å². The van der Waals surface area contributed by atoms with Crippen molar-refractivity contribution in [2.24, 2.45) is 0 Å². The van der Waals surface area contributed by atoms with Gasteiger partial charge in [0.05, 0.1) is 10.4 Å². The van der Waals surface area contributed by atoms with Crippen molar-refractivity contribution in [1.82, 2.24) is 10.1 Å². The number of carbonyl (C=O) groups is 1. The molecule has 0 fully saturated rings. The van der Waals surface area contributed by atoms with Gasteiger partial charge in [-0.25, -0.2) is 4.79 Å².